The standard InChI is InChI=1S/C15H21BrFN3O/c1-18(2)5-6-19-7-9-20(10-8-19)15(21)13-11-12(17)3-4-14(13)16/h3-4,11H,5-10H2,1-2H3. The summed E-state index contributed by atoms with van der Waals surface area (Å²) in [6.07, 6.45) is 0. The van der Waals surface area contributed by atoms with Crippen LogP contribution < -0.4 is 0 Å². The van der Waals surface area contributed by atoms with E-state index in [1.54, 1.807) is 11.0 Å². The van der Waals surface area contributed by atoms with E-state index in [9.17, 15) is 9.18 Å². The maximum Gasteiger partial charge on any atom is 0.255 e. The minimum atomic E-state index is -0.383. The first-order valence-corrected chi connectivity index (χ1v) is 7.88. The fourth-order valence-corrected chi connectivity index (χ4v) is 2.76. The Balaban J connectivity index is 1.92. The van der Waals surface area contributed by atoms with Gasteiger partial charge in [0.05, 0.1) is 5.56 Å². The summed E-state index contributed by atoms with van der Waals surface area (Å²) in [4.78, 5) is 18.8. The highest BCUT2D eigenvalue weighted by Crippen LogP contribution is 2.20. The molecule has 1 saturated heterocycles. The van der Waals surface area contributed by atoms with Gasteiger partial charge in [-0.25, -0.2) is 4.39 Å². The minimum Gasteiger partial charge on any atom is -0.336 e. The zero-order valence-corrected chi connectivity index (χ0v) is 14.1. The van der Waals surface area contributed by atoms with Crippen LogP contribution >= 0.6 is 15.9 Å². The molecular formula is C15H21BrFN3O. The van der Waals surface area contributed by atoms with E-state index in [0.29, 0.717) is 23.1 Å². The van der Waals surface area contributed by atoms with Crippen molar-refractivity contribution in [1.82, 2.24) is 14.7 Å². The van der Waals surface area contributed by atoms with E-state index in [2.05, 4.69) is 39.8 Å². The number of likely N-dealkylation sites (N-methyl/N-ethyl adjacent to an activating group) is 1. The van der Waals surface area contributed by atoms with E-state index in [-0.39, 0.29) is 11.7 Å². The molecule has 0 spiro atoms. The van der Waals surface area contributed by atoms with E-state index in [0.717, 1.165) is 26.2 Å². The SMILES string of the molecule is CN(C)CCN1CCN(C(=O)c2cc(F)ccc2Br)CC1. The molecule has 0 atom stereocenters. The normalized spacial score (nSPS) is 16.5. The predicted octanol–water partition coefficient (Wildman–Crippen LogP) is 1.91. The van der Waals surface area contributed by atoms with Crippen LogP contribution in [0.25, 0.3) is 0 Å². The molecular weight excluding hydrogens is 337 g/mol. The second kappa shape index (κ2) is 7.33. The smallest absolute Gasteiger partial charge is 0.255 e. The number of carbonyl (C=O) groups excluding carboxylic acids is 1. The van der Waals surface area contributed by atoms with Crippen molar-refractivity contribution >= 4 is 21.8 Å². The van der Waals surface area contributed by atoms with Crippen LogP contribution in [0.3, 0.4) is 0 Å². The average molecular weight is 358 g/mol. The Morgan fingerprint density at radius 2 is 1.95 bits per heavy atom. The van der Waals surface area contributed by atoms with Gasteiger partial charge in [-0.1, -0.05) is 0 Å². The molecule has 0 unspecified atom stereocenters. The van der Waals surface area contributed by atoms with Crippen molar-refractivity contribution in [3.63, 3.8) is 0 Å². The third-order valence-corrected chi connectivity index (χ3v) is 4.37. The summed E-state index contributed by atoms with van der Waals surface area (Å²) in [6.45, 7) is 5.14. The molecule has 0 N–H and O–H groups in total. The Morgan fingerprint density at radius 1 is 1.29 bits per heavy atom. The van der Waals surface area contributed by atoms with E-state index in [1.165, 1.54) is 12.1 Å². The molecule has 4 nitrogen and oxygen atoms in total. The molecule has 1 aromatic rings. The molecule has 1 heterocycles. The lowest BCUT2D eigenvalue weighted by atomic mass is 10.1. The van der Waals surface area contributed by atoms with Gasteiger partial charge in [-0.05, 0) is 48.2 Å². The maximum atomic E-state index is 13.3. The van der Waals surface area contributed by atoms with E-state index in [1.807, 2.05) is 0 Å². The van der Waals surface area contributed by atoms with Crippen molar-refractivity contribution in [2.45, 2.75) is 0 Å². The molecule has 6 heteroatoms. The third kappa shape index (κ3) is 4.49. The third-order valence-electron chi connectivity index (χ3n) is 3.68. The highest BCUT2D eigenvalue weighted by Gasteiger charge is 2.23. The number of halogens is 2. The minimum absolute atomic E-state index is 0.103. The van der Waals surface area contributed by atoms with Gasteiger partial charge in [-0.3, -0.25) is 9.69 Å². The maximum absolute atomic E-state index is 13.3. The number of hydrogen-bond acceptors (Lipinski definition) is 3. The van der Waals surface area contributed by atoms with Crippen LogP contribution in [0.2, 0.25) is 0 Å². The molecule has 1 aromatic carbocycles. The zero-order chi connectivity index (χ0) is 15.4. The Morgan fingerprint density at radius 3 is 2.57 bits per heavy atom. The van der Waals surface area contributed by atoms with Crippen LogP contribution in [0, 0.1) is 5.82 Å². The molecule has 0 saturated carbocycles. The van der Waals surface area contributed by atoms with Crippen molar-refractivity contribution in [2.24, 2.45) is 0 Å². The Bertz CT molecular complexity index is 502. The van der Waals surface area contributed by atoms with Crippen molar-refractivity contribution < 1.29 is 9.18 Å². The summed E-state index contributed by atoms with van der Waals surface area (Å²) in [7, 11) is 4.11. The monoisotopic (exact) mass is 357 g/mol. The molecule has 116 valence electrons. The number of amides is 1. The van der Waals surface area contributed by atoms with Gasteiger partial charge in [0.2, 0.25) is 0 Å². The summed E-state index contributed by atoms with van der Waals surface area (Å²) >= 11 is 3.32. The Hall–Kier alpha value is -0.980. The molecule has 1 aliphatic rings. The van der Waals surface area contributed by atoms with Crippen LogP contribution in [0.15, 0.2) is 22.7 Å². The molecule has 1 amide bonds. The van der Waals surface area contributed by atoms with Crippen molar-refractivity contribution in [3.8, 4) is 0 Å². The molecule has 1 aliphatic heterocycles. The summed E-state index contributed by atoms with van der Waals surface area (Å²) in [5.74, 6) is -0.486. The Labute approximate surface area is 133 Å². The molecule has 2 rings (SSSR count). The second-order valence-corrected chi connectivity index (χ2v) is 6.42. The quantitative estimate of drug-likeness (QED) is 0.823. The zero-order valence-electron chi connectivity index (χ0n) is 12.5. The van der Waals surface area contributed by atoms with Crippen LogP contribution in [-0.4, -0.2) is 74.0 Å². The van der Waals surface area contributed by atoms with Gasteiger partial charge in [0, 0.05) is 43.7 Å². The van der Waals surface area contributed by atoms with Gasteiger partial charge in [0.1, 0.15) is 5.82 Å². The van der Waals surface area contributed by atoms with Crippen molar-refractivity contribution in [3.05, 3.63) is 34.1 Å². The molecule has 0 radical (unpaired) electrons. The van der Waals surface area contributed by atoms with Gasteiger partial charge >= 0.3 is 0 Å². The lowest BCUT2D eigenvalue weighted by molar-refractivity contribution is 0.0628. The highest BCUT2D eigenvalue weighted by atomic mass is 79.9. The number of hydrogen-bond donors (Lipinski definition) is 0. The van der Waals surface area contributed by atoms with Crippen LogP contribution in [-0.2, 0) is 0 Å². The Kier molecular flexibility index (Phi) is 5.72. The number of piperazine rings is 1. The summed E-state index contributed by atoms with van der Waals surface area (Å²) in [6, 6.07) is 4.22. The first kappa shape index (κ1) is 16.4. The fourth-order valence-electron chi connectivity index (χ4n) is 2.35. The van der Waals surface area contributed by atoms with Crippen LogP contribution in [0.5, 0.6) is 0 Å². The number of carbonyl (C=O) groups is 1. The van der Waals surface area contributed by atoms with Crippen LogP contribution in [0.1, 0.15) is 10.4 Å². The number of benzene rings is 1. The molecule has 21 heavy (non-hydrogen) atoms. The van der Waals surface area contributed by atoms with Gasteiger partial charge in [0.25, 0.3) is 5.91 Å². The predicted molar refractivity (Wildman–Crippen MR) is 85.0 cm³/mol. The van der Waals surface area contributed by atoms with E-state index < -0.39 is 0 Å². The average Bonchev–Trinajstić information content (AvgIpc) is 2.47. The number of rotatable bonds is 4. The fraction of sp³-hybridized carbons (Fsp3) is 0.533. The van der Waals surface area contributed by atoms with Crippen LogP contribution in [0.4, 0.5) is 4.39 Å². The lowest BCUT2D eigenvalue weighted by Crippen LogP contribution is -2.50. The summed E-state index contributed by atoms with van der Waals surface area (Å²) in [5.41, 5.74) is 0.400. The molecule has 1 fully saturated rings. The summed E-state index contributed by atoms with van der Waals surface area (Å²) in [5, 5.41) is 0. The highest BCUT2D eigenvalue weighted by molar-refractivity contribution is 9.10. The topological polar surface area (TPSA) is 26.8 Å². The van der Waals surface area contributed by atoms with Gasteiger partial charge in [-0.2, -0.15) is 0 Å². The van der Waals surface area contributed by atoms with E-state index in [4.69, 9.17) is 0 Å². The molecule has 0 aromatic heterocycles. The number of nitrogens with zero attached hydrogens (tertiary/aromatic N) is 3. The van der Waals surface area contributed by atoms with Gasteiger partial charge in [0.15, 0.2) is 0 Å². The molecule has 0 aliphatic carbocycles. The summed E-state index contributed by atoms with van der Waals surface area (Å²) < 4.78 is 14.0. The first-order valence-electron chi connectivity index (χ1n) is 7.09. The van der Waals surface area contributed by atoms with Crippen molar-refractivity contribution in [1.29, 1.82) is 0 Å². The molecule has 0 bridgehead atoms. The lowest BCUT2D eigenvalue weighted by Gasteiger charge is -2.35. The van der Waals surface area contributed by atoms with Gasteiger partial charge in [-0.15, -0.1) is 0 Å². The largest absolute Gasteiger partial charge is 0.336 e. The van der Waals surface area contributed by atoms with E-state index >= 15 is 0 Å². The van der Waals surface area contributed by atoms with Gasteiger partial charge < -0.3 is 9.80 Å². The van der Waals surface area contributed by atoms with Crippen molar-refractivity contribution in [2.75, 3.05) is 53.4 Å². The second-order valence-electron chi connectivity index (χ2n) is 5.56. The first-order chi connectivity index (χ1) is 9.97.